The number of nitrogens with one attached hydrogen (secondary N) is 2. The van der Waals surface area contributed by atoms with Gasteiger partial charge in [-0.05, 0) is 25.1 Å². The van der Waals surface area contributed by atoms with E-state index in [1.807, 2.05) is 0 Å². The van der Waals surface area contributed by atoms with E-state index in [1.165, 1.54) is 17.0 Å². The number of carbonyl (C=O) groups excluding carboxylic acids is 1. The summed E-state index contributed by atoms with van der Waals surface area (Å²) in [6.45, 7) is 5.73. The highest BCUT2D eigenvalue weighted by atomic mass is 32.1. The van der Waals surface area contributed by atoms with Crippen molar-refractivity contribution in [2.24, 2.45) is 0 Å². The quantitative estimate of drug-likeness (QED) is 0.408. The molecule has 0 bridgehead atoms. The zero-order valence-electron chi connectivity index (χ0n) is 15.2. The molecule has 2 aromatic rings. The fourth-order valence-electron chi connectivity index (χ4n) is 2.94. The molecule has 3 rings (SSSR count). The lowest BCUT2D eigenvalue weighted by molar-refractivity contribution is -0.384. The molecule has 2 N–H and O–H groups in total. The van der Waals surface area contributed by atoms with Gasteiger partial charge in [0.15, 0.2) is 5.13 Å². The molecule has 0 spiro atoms. The van der Waals surface area contributed by atoms with E-state index in [4.69, 9.17) is 0 Å². The highest BCUT2D eigenvalue weighted by Crippen LogP contribution is 2.28. The van der Waals surface area contributed by atoms with Crippen molar-refractivity contribution in [3.63, 3.8) is 0 Å². The summed E-state index contributed by atoms with van der Waals surface area (Å²) in [5.74, 6) is -0.0426. The lowest BCUT2D eigenvalue weighted by atomic mass is 10.2. The van der Waals surface area contributed by atoms with E-state index in [0.29, 0.717) is 24.5 Å². The summed E-state index contributed by atoms with van der Waals surface area (Å²) >= 11 is 1.57. The van der Waals surface area contributed by atoms with Crippen molar-refractivity contribution in [1.82, 2.24) is 9.88 Å². The van der Waals surface area contributed by atoms with Crippen molar-refractivity contribution in [3.05, 3.63) is 45.0 Å². The maximum atomic E-state index is 12.1. The molecule has 1 aromatic heterocycles. The normalized spacial score (nSPS) is 13.8. The van der Waals surface area contributed by atoms with Crippen LogP contribution in [0.15, 0.2) is 24.3 Å². The van der Waals surface area contributed by atoms with E-state index >= 15 is 0 Å². The molecule has 0 fully saturated rings. The first-order valence-electron chi connectivity index (χ1n) is 9.04. The minimum atomic E-state index is -0.426. The number of aromatic nitrogens is 1. The van der Waals surface area contributed by atoms with E-state index in [0.717, 1.165) is 37.4 Å². The van der Waals surface area contributed by atoms with E-state index in [2.05, 4.69) is 27.4 Å². The molecule has 0 atom stereocenters. The Balaban J connectivity index is 1.40. The summed E-state index contributed by atoms with van der Waals surface area (Å²) < 4.78 is 0. The molecule has 9 heteroatoms. The van der Waals surface area contributed by atoms with Crippen LogP contribution in [0.4, 0.5) is 16.5 Å². The van der Waals surface area contributed by atoms with Gasteiger partial charge in [-0.2, -0.15) is 0 Å². The van der Waals surface area contributed by atoms with E-state index in [9.17, 15) is 14.9 Å². The standard InChI is InChI=1S/C18H23N5O3S/c1-2-22-11-9-15-16(12-22)27-18(20-15)21-17(24)4-3-10-19-13-5-7-14(8-6-13)23(25)26/h5-8,19H,2-4,9-12H2,1H3,(H,20,21,24). The zero-order chi connectivity index (χ0) is 19.2. The van der Waals surface area contributed by atoms with Crippen molar-refractivity contribution < 1.29 is 9.72 Å². The highest BCUT2D eigenvalue weighted by Gasteiger charge is 2.20. The third-order valence-corrected chi connectivity index (χ3v) is 5.49. The Bertz CT molecular complexity index is 806. The lowest BCUT2D eigenvalue weighted by Crippen LogP contribution is -2.29. The molecule has 1 aliphatic heterocycles. The second-order valence-corrected chi connectivity index (χ2v) is 7.47. The predicted octanol–water partition coefficient (Wildman–Crippen LogP) is 3.26. The minimum Gasteiger partial charge on any atom is -0.385 e. The van der Waals surface area contributed by atoms with Gasteiger partial charge < -0.3 is 10.6 Å². The number of benzene rings is 1. The van der Waals surface area contributed by atoms with Gasteiger partial charge in [0.1, 0.15) is 0 Å². The fourth-order valence-corrected chi connectivity index (χ4v) is 4.00. The van der Waals surface area contributed by atoms with Gasteiger partial charge in [0.05, 0.1) is 10.6 Å². The van der Waals surface area contributed by atoms with Crippen LogP contribution >= 0.6 is 11.3 Å². The first-order chi connectivity index (χ1) is 13.0. The third kappa shape index (κ3) is 5.24. The van der Waals surface area contributed by atoms with Crippen LogP contribution in [-0.2, 0) is 17.8 Å². The Morgan fingerprint density at radius 1 is 1.37 bits per heavy atom. The summed E-state index contributed by atoms with van der Waals surface area (Å²) in [4.78, 5) is 30.5. The average molecular weight is 389 g/mol. The Hall–Kier alpha value is -2.52. The number of amides is 1. The van der Waals surface area contributed by atoms with E-state index in [1.54, 1.807) is 23.5 Å². The number of hydrogen-bond donors (Lipinski definition) is 2. The molecule has 1 aliphatic rings. The number of likely N-dealkylation sites (N-methyl/N-ethyl adjacent to an activating group) is 1. The summed E-state index contributed by atoms with van der Waals surface area (Å²) in [7, 11) is 0. The van der Waals surface area contributed by atoms with Crippen LogP contribution in [0.5, 0.6) is 0 Å². The second kappa shape index (κ2) is 8.92. The monoisotopic (exact) mass is 389 g/mol. The fraction of sp³-hybridized carbons (Fsp3) is 0.444. The highest BCUT2D eigenvalue weighted by molar-refractivity contribution is 7.15. The number of nitro benzene ring substituents is 1. The minimum absolute atomic E-state index is 0.0426. The van der Waals surface area contributed by atoms with E-state index in [-0.39, 0.29) is 11.6 Å². The van der Waals surface area contributed by atoms with Crippen molar-refractivity contribution in [2.75, 3.05) is 30.3 Å². The molecular weight excluding hydrogens is 366 g/mol. The molecule has 0 saturated carbocycles. The average Bonchev–Trinajstić information content (AvgIpc) is 3.06. The summed E-state index contributed by atoms with van der Waals surface area (Å²) in [5, 5.41) is 17.4. The van der Waals surface area contributed by atoms with Gasteiger partial charge in [-0.25, -0.2) is 4.98 Å². The molecule has 0 saturated heterocycles. The second-order valence-electron chi connectivity index (χ2n) is 6.39. The van der Waals surface area contributed by atoms with Gasteiger partial charge >= 0.3 is 0 Å². The number of non-ortho nitro benzene ring substituents is 1. The SMILES string of the molecule is CCN1CCc2nc(NC(=O)CCCNc3ccc([N+](=O)[O-])cc3)sc2C1. The molecule has 2 heterocycles. The van der Waals surface area contributed by atoms with Crippen molar-refractivity contribution in [3.8, 4) is 0 Å². The van der Waals surface area contributed by atoms with Gasteiger partial charge in [-0.3, -0.25) is 19.8 Å². The Morgan fingerprint density at radius 2 is 2.15 bits per heavy atom. The molecule has 0 unspecified atom stereocenters. The maximum Gasteiger partial charge on any atom is 0.269 e. The number of nitro groups is 1. The Kier molecular flexibility index (Phi) is 6.36. The largest absolute Gasteiger partial charge is 0.385 e. The molecule has 0 aliphatic carbocycles. The predicted molar refractivity (Wildman–Crippen MR) is 106 cm³/mol. The van der Waals surface area contributed by atoms with E-state index < -0.39 is 4.92 Å². The molecule has 144 valence electrons. The number of rotatable bonds is 8. The van der Waals surface area contributed by atoms with Crippen molar-refractivity contribution in [2.45, 2.75) is 32.7 Å². The van der Waals surface area contributed by atoms with Gasteiger partial charge in [-0.1, -0.05) is 6.92 Å². The molecule has 1 amide bonds. The van der Waals surface area contributed by atoms with Crippen LogP contribution in [-0.4, -0.2) is 40.3 Å². The van der Waals surface area contributed by atoms with Gasteiger partial charge in [-0.15, -0.1) is 11.3 Å². The number of fused-ring (bicyclic) bond motifs is 1. The Morgan fingerprint density at radius 3 is 2.85 bits per heavy atom. The van der Waals surface area contributed by atoms with Crippen LogP contribution in [0.1, 0.15) is 30.3 Å². The lowest BCUT2D eigenvalue weighted by Gasteiger charge is -2.23. The topological polar surface area (TPSA) is 100 Å². The molecule has 0 radical (unpaired) electrons. The molecule has 8 nitrogen and oxygen atoms in total. The van der Waals surface area contributed by atoms with Crippen LogP contribution in [0.25, 0.3) is 0 Å². The summed E-state index contributed by atoms with van der Waals surface area (Å²) in [6.07, 6.45) is 2.00. The zero-order valence-corrected chi connectivity index (χ0v) is 16.1. The van der Waals surface area contributed by atoms with Crippen LogP contribution in [0.3, 0.4) is 0 Å². The first kappa shape index (κ1) is 19.2. The van der Waals surface area contributed by atoms with Crippen molar-refractivity contribution >= 4 is 33.8 Å². The Labute approximate surface area is 161 Å². The maximum absolute atomic E-state index is 12.1. The van der Waals surface area contributed by atoms with Gasteiger partial charge in [0.2, 0.25) is 5.91 Å². The van der Waals surface area contributed by atoms with Gasteiger partial charge in [0.25, 0.3) is 5.69 Å². The first-order valence-corrected chi connectivity index (χ1v) is 9.86. The van der Waals surface area contributed by atoms with Crippen LogP contribution < -0.4 is 10.6 Å². The van der Waals surface area contributed by atoms with Crippen molar-refractivity contribution in [1.29, 1.82) is 0 Å². The molecule has 1 aromatic carbocycles. The number of anilines is 2. The number of carbonyl (C=O) groups is 1. The third-order valence-electron chi connectivity index (χ3n) is 4.49. The summed E-state index contributed by atoms with van der Waals surface area (Å²) in [5.41, 5.74) is 1.97. The van der Waals surface area contributed by atoms with Gasteiger partial charge in [0, 0.05) is 55.2 Å². The smallest absolute Gasteiger partial charge is 0.269 e. The van der Waals surface area contributed by atoms with Crippen LogP contribution in [0, 0.1) is 10.1 Å². The summed E-state index contributed by atoms with van der Waals surface area (Å²) in [6, 6.07) is 6.24. The number of thiazole rings is 1. The molecule has 27 heavy (non-hydrogen) atoms. The number of nitrogens with zero attached hydrogens (tertiary/aromatic N) is 3. The number of hydrogen-bond acceptors (Lipinski definition) is 7. The van der Waals surface area contributed by atoms with Crippen LogP contribution in [0.2, 0.25) is 0 Å². The molecular formula is C18H23N5O3S.